The molecule has 0 unspecified atom stereocenters. The third kappa shape index (κ3) is 4.11. The molecule has 2 heterocycles. The van der Waals surface area contributed by atoms with Crippen molar-refractivity contribution in [1.82, 2.24) is 19.2 Å². The van der Waals surface area contributed by atoms with E-state index in [0.717, 1.165) is 24.4 Å². The average Bonchev–Trinajstić information content (AvgIpc) is 3.07. The Morgan fingerprint density at radius 3 is 2.43 bits per heavy atom. The number of rotatable bonds is 7. The first-order chi connectivity index (χ1) is 13.6. The number of ether oxygens (including phenoxy) is 2. The lowest BCUT2D eigenvalue weighted by molar-refractivity contribution is 0.0710. The van der Waals surface area contributed by atoms with Crippen molar-refractivity contribution in [2.45, 2.75) is 38.8 Å². The van der Waals surface area contributed by atoms with Crippen LogP contribution in [0.25, 0.3) is 0 Å². The predicted molar refractivity (Wildman–Crippen MR) is 105 cm³/mol. The fraction of sp³-hybridized carbons (Fsp3) is 0.550. The van der Waals surface area contributed by atoms with Crippen LogP contribution >= 0.6 is 0 Å². The molecule has 8 heteroatoms. The number of carbonyl (C=O) groups excluding carboxylic acids is 1. The van der Waals surface area contributed by atoms with Crippen LogP contribution in [0.4, 0.5) is 0 Å². The molecule has 0 radical (unpaired) electrons. The molecule has 1 aromatic carbocycles. The molecule has 28 heavy (non-hydrogen) atoms. The highest BCUT2D eigenvalue weighted by molar-refractivity contribution is 5.94. The van der Waals surface area contributed by atoms with Gasteiger partial charge in [0.15, 0.2) is 0 Å². The first-order valence-corrected chi connectivity index (χ1v) is 9.68. The Labute approximate surface area is 164 Å². The van der Waals surface area contributed by atoms with Crippen LogP contribution in [0.15, 0.2) is 29.1 Å². The quantitative estimate of drug-likeness (QED) is 0.722. The van der Waals surface area contributed by atoms with Crippen molar-refractivity contribution in [2.24, 2.45) is 0 Å². The molecule has 0 atom stereocenters. The van der Waals surface area contributed by atoms with Crippen molar-refractivity contribution < 1.29 is 14.3 Å². The van der Waals surface area contributed by atoms with Gasteiger partial charge in [-0.05, 0) is 44.0 Å². The maximum Gasteiger partial charge on any atom is 0.345 e. The molecule has 152 valence electrons. The topological polar surface area (TPSA) is 78.6 Å². The molecule has 0 saturated carbocycles. The molecule has 1 amide bonds. The smallest absolute Gasteiger partial charge is 0.345 e. The van der Waals surface area contributed by atoms with Gasteiger partial charge in [0.05, 0.1) is 20.3 Å². The van der Waals surface area contributed by atoms with E-state index in [2.05, 4.69) is 5.10 Å². The monoisotopic (exact) mass is 388 g/mol. The summed E-state index contributed by atoms with van der Waals surface area (Å²) in [5.41, 5.74) is 0.569. The molecule has 1 aliphatic rings. The van der Waals surface area contributed by atoms with Gasteiger partial charge in [-0.3, -0.25) is 9.36 Å². The second-order valence-electron chi connectivity index (χ2n) is 6.90. The molecule has 1 saturated heterocycles. The molecule has 8 nitrogen and oxygen atoms in total. The minimum atomic E-state index is -0.0914. The fourth-order valence-electron chi connectivity index (χ4n) is 3.64. The normalized spacial score (nSPS) is 15.0. The van der Waals surface area contributed by atoms with Gasteiger partial charge >= 0.3 is 5.69 Å². The number of hydrogen-bond acceptors (Lipinski definition) is 5. The summed E-state index contributed by atoms with van der Waals surface area (Å²) in [5, 5.41) is 4.56. The van der Waals surface area contributed by atoms with Gasteiger partial charge in [-0.25, -0.2) is 9.48 Å². The SMILES string of the molecule is CCn1c(C2CCN(C(=O)c3ccc(OC)cc3)CC2)nn(CCOC)c1=O. The first kappa shape index (κ1) is 20.1. The number of aromatic nitrogens is 3. The van der Waals surface area contributed by atoms with E-state index in [1.807, 2.05) is 11.8 Å². The molecule has 0 bridgehead atoms. The van der Waals surface area contributed by atoms with Crippen LogP contribution in [0.1, 0.15) is 41.9 Å². The summed E-state index contributed by atoms with van der Waals surface area (Å²) in [4.78, 5) is 27.1. The highest BCUT2D eigenvalue weighted by Gasteiger charge is 2.28. The maximum absolute atomic E-state index is 12.7. The number of likely N-dealkylation sites (tertiary alicyclic amines) is 1. The summed E-state index contributed by atoms with van der Waals surface area (Å²) < 4.78 is 13.4. The van der Waals surface area contributed by atoms with Gasteiger partial charge < -0.3 is 14.4 Å². The first-order valence-electron chi connectivity index (χ1n) is 9.68. The van der Waals surface area contributed by atoms with Crippen LogP contribution in [0.2, 0.25) is 0 Å². The number of amides is 1. The van der Waals surface area contributed by atoms with Gasteiger partial charge in [0, 0.05) is 38.2 Å². The molecule has 0 N–H and O–H groups in total. The van der Waals surface area contributed by atoms with Crippen molar-refractivity contribution in [3.05, 3.63) is 46.1 Å². The molecular formula is C20H28N4O4. The molecule has 1 aliphatic heterocycles. The second kappa shape index (κ2) is 9.05. The standard InChI is InChI=1S/C20H28N4O4/c1-4-23-18(21-24(20(23)26)13-14-27-2)15-9-11-22(12-10-15)19(25)16-5-7-17(28-3)8-6-16/h5-8,15H,4,9-14H2,1-3H3. The Balaban J connectivity index is 1.68. The largest absolute Gasteiger partial charge is 0.497 e. The number of nitrogens with zero attached hydrogens (tertiary/aromatic N) is 4. The van der Waals surface area contributed by atoms with E-state index in [0.29, 0.717) is 38.3 Å². The zero-order valence-corrected chi connectivity index (χ0v) is 16.8. The van der Waals surface area contributed by atoms with Gasteiger partial charge in [-0.1, -0.05) is 0 Å². The molecular weight excluding hydrogens is 360 g/mol. The summed E-state index contributed by atoms with van der Waals surface area (Å²) in [6.07, 6.45) is 1.59. The minimum Gasteiger partial charge on any atom is -0.497 e. The van der Waals surface area contributed by atoms with Crippen LogP contribution in [0.3, 0.4) is 0 Å². The molecule has 0 aliphatic carbocycles. The van der Waals surface area contributed by atoms with E-state index >= 15 is 0 Å². The van der Waals surface area contributed by atoms with Crippen LogP contribution in [0.5, 0.6) is 5.75 Å². The summed E-state index contributed by atoms with van der Waals surface area (Å²) >= 11 is 0. The zero-order valence-electron chi connectivity index (χ0n) is 16.8. The Morgan fingerprint density at radius 1 is 1.18 bits per heavy atom. The lowest BCUT2D eigenvalue weighted by Gasteiger charge is -2.31. The summed E-state index contributed by atoms with van der Waals surface area (Å²) in [6, 6.07) is 7.18. The Morgan fingerprint density at radius 2 is 1.86 bits per heavy atom. The van der Waals surface area contributed by atoms with Crippen LogP contribution in [-0.2, 0) is 17.8 Å². The van der Waals surface area contributed by atoms with E-state index in [-0.39, 0.29) is 17.5 Å². The Bertz CT molecular complexity index is 848. The van der Waals surface area contributed by atoms with Crippen molar-refractivity contribution in [1.29, 1.82) is 0 Å². The summed E-state index contributed by atoms with van der Waals surface area (Å²) in [7, 11) is 3.21. The van der Waals surface area contributed by atoms with E-state index in [4.69, 9.17) is 9.47 Å². The predicted octanol–water partition coefficient (Wildman–Crippen LogP) is 1.74. The third-order valence-electron chi connectivity index (χ3n) is 5.26. The fourth-order valence-corrected chi connectivity index (χ4v) is 3.64. The van der Waals surface area contributed by atoms with E-state index in [1.165, 1.54) is 4.68 Å². The van der Waals surface area contributed by atoms with Crippen molar-refractivity contribution in [2.75, 3.05) is 33.9 Å². The number of methoxy groups -OCH3 is 2. The summed E-state index contributed by atoms with van der Waals surface area (Å²) in [6.45, 7) is 4.75. The number of hydrogen-bond donors (Lipinski definition) is 0. The highest BCUT2D eigenvalue weighted by Crippen LogP contribution is 2.27. The van der Waals surface area contributed by atoms with Crippen LogP contribution < -0.4 is 10.4 Å². The van der Waals surface area contributed by atoms with Gasteiger partial charge in [-0.15, -0.1) is 0 Å². The molecule has 3 rings (SSSR count). The van der Waals surface area contributed by atoms with Crippen molar-refractivity contribution in [3.63, 3.8) is 0 Å². The van der Waals surface area contributed by atoms with Crippen molar-refractivity contribution in [3.8, 4) is 5.75 Å². The molecule has 1 fully saturated rings. The molecule has 1 aromatic heterocycles. The van der Waals surface area contributed by atoms with E-state index in [1.54, 1.807) is 43.1 Å². The number of carbonyl (C=O) groups is 1. The highest BCUT2D eigenvalue weighted by atomic mass is 16.5. The van der Waals surface area contributed by atoms with E-state index < -0.39 is 0 Å². The third-order valence-corrected chi connectivity index (χ3v) is 5.26. The lowest BCUT2D eigenvalue weighted by Crippen LogP contribution is -2.38. The molecule has 0 spiro atoms. The average molecular weight is 388 g/mol. The minimum absolute atomic E-state index is 0.0274. The zero-order chi connectivity index (χ0) is 20.1. The van der Waals surface area contributed by atoms with Gasteiger partial charge in [-0.2, -0.15) is 5.10 Å². The number of piperidine rings is 1. The van der Waals surface area contributed by atoms with Crippen LogP contribution in [-0.4, -0.2) is 59.1 Å². The van der Waals surface area contributed by atoms with E-state index in [9.17, 15) is 9.59 Å². The van der Waals surface area contributed by atoms with Crippen LogP contribution in [0, 0.1) is 0 Å². The Kier molecular flexibility index (Phi) is 6.51. The van der Waals surface area contributed by atoms with Gasteiger partial charge in [0.1, 0.15) is 11.6 Å². The summed E-state index contributed by atoms with van der Waals surface area (Å²) in [5.74, 6) is 1.76. The van der Waals surface area contributed by atoms with Gasteiger partial charge in [0.2, 0.25) is 0 Å². The maximum atomic E-state index is 12.7. The van der Waals surface area contributed by atoms with Crippen molar-refractivity contribution >= 4 is 5.91 Å². The van der Waals surface area contributed by atoms with Gasteiger partial charge in [0.25, 0.3) is 5.91 Å². The molecule has 2 aromatic rings. The lowest BCUT2D eigenvalue weighted by atomic mass is 9.95. The Hall–Kier alpha value is -2.61. The number of benzene rings is 1. The second-order valence-corrected chi connectivity index (χ2v) is 6.90.